The summed E-state index contributed by atoms with van der Waals surface area (Å²) in [4.78, 5) is 9.80. The van der Waals surface area contributed by atoms with Crippen LogP contribution in [0, 0.1) is 34.0 Å². The van der Waals surface area contributed by atoms with E-state index in [1.165, 1.54) is 27.2 Å². The Bertz CT molecular complexity index is 3610. The Balaban J connectivity index is 0.980. The van der Waals surface area contributed by atoms with Gasteiger partial charge in [0, 0.05) is 49.6 Å². The van der Waals surface area contributed by atoms with Crippen molar-refractivity contribution in [3.63, 3.8) is 0 Å². The summed E-state index contributed by atoms with van der Waals surface area (Å²) in [5, 5.41) is 34.5. The lowest BCUT2D eigenvalue weighted by molar-refractivity contribution is 1.17. The van der Waals surface area contributed by atoms with Crippen molar-refractivity contribution in [1.82, 2.24) is 19.1 Å². The maximum atomic E-state index is 10.5. The maximum Gasteiger partial charge on any atom is 0.160 e. The van der Waals surface area contributed by atoms with Crippen LogP contribution in [0.1, 0.15) is 16.7 Å². The molecule has 62 heavy (non-hydrogen) atoms. The molecule has 0 aliphatic rings. The third kappa shape index (κ3) is 5.96. The summed E-state index contributed by atoms with van der Waals surface area (Å²) >= 11 is 0. The van der Waals surface area contributed by atoms with Crippen LogP contribution < -0.4 is 0 Å². The number of hydrogen-bond donors (Lipinski definition) is 0. The summed E-state index contributed by atoms with van der Waals surface area (Å²) in [6, 6.07) is 69.7. The molecule has 0 radical (unpaired) electrons. The second kappa shape index (κ2) is 14.6. The van der Waals surface area contributed by atoms with E-state index in [4.69, 9.17) is 9.97 Å². The van der Waals surface area contributed by atoms with Crippen LogP contribution in [0.15, 0.2) is 188 Å². The second-order valence-electron chi connectivity index (χ2n) is 15.2. The van der Waals surface area contributed by atoms with Gasteiger partial charge in [-0.1, -0.05) is 103 Å². The van der Waals surface area contributed by atoms with Crippen LogP contribution >= 0.6 is 0 Å². The van der Waals surface area contributed by atoms with Gasteiger partial charge in [-0.25, -0.2) is 9.97 Å². The van der Waals surface area contributed by atoms with Gasteiger partial charge in [-0.3, -0.25) is 0 Å². The van der Waals surface area contributed by atoms with Crippen LogP contribution in [0.2, 0.25) is 0 Å². The molecule has 0 spiro atoms. The van der Waals surface area contributed by atoms with Crippen molar-refractivity contribution in [2.75, 3.05) is 0 Å². The smallest absolute Gasteiger partial charge is 0.160 e. The molecule has 0 saturated heterocycles. The van der Waals surface area contributed by atoms with Crippen LogP contribution in [-0.2, 0) is 0 Å². The molecule has 11 aromatic rings. The fourth-order valence-electron chi connectivity index (χ4n) is 8.76. The minimum Gasteiger partial charge on any atom is -0.309 e. The predicted molar refractivity (Wildman–Crippen MR) is 247 cm³/mol. The Morgan fingerprint density at radius 1 is 0.355 bits per heavy atom. The van der Waals surface area contributed by atoms with Crippen LogP contribution in [0.3, 0.4) is 0 Å². The number of benzene rings is 8. The zero-order valence-corrected chi connectivity index (χ0v) is 33.0. The van der Waals surface area contributed by atoms with Crippen LogP contribution in [0.4, 0.5) is 0 Å². The van der Waals surface area contributed by atoms with Crippen LogP contribution in [0.5, 0.6) is 0 Å². The van der Waals surface area contributed by atoms with Gasteiger partial charge < -0.3 is 9.13 Å². The van der Waals surface area contributed by atoms with E-state index in [1.807, 2.05) is 42.5 Å². The lowest BCUT2D eigenvalue weighted by atomic mass is 9.96. The highest BCUT2D eigenvalue weighted by Gasteiger charge is 2.18. The van der Waals surface area contributed by atoms with Crippen LogP contribution in [0.25, 0.3) is 100 Å². The highest BCUT2D eigenvalue weighted by molar-refractivity contribution is 6.12. The first-order chi connectivity index (χ1) is 30.6. The SMILES string of the molecule is N#Cc1cccc(-c2cc(-c3ccc(-c4ccc(-n5c6ccccc6c6cc(-n7c8ccccc8c8ccccc87)ccc65)cc4)c(C#N)c3)nc(-c3cccc(C#N)c3)n2)c1. The van der Waals surface area contributed by atoms with E-state index in [-0.39, 0.29) is 0 Å². The molecule has 3 aromatic heterocycles. The van der Waals surface area contributed by atoms with Crippen molar-refractivity contribution < 1.29 is 0 Å². The standard InChI is InChI=1S/C55H31N7/c56-32-35-9-7-11-38(27-35)49-31-50(60-55(59-49)40-12-8-10-36(28-40)33-57)39-21-25-44(41(29-39)34-58)37-19-22-42(23-20-37)61-53-18-6-3-15-47(53)48-30-43(24-26-54(48)61)62-51-16-4-1-13-45(51)46-14-2-5-17-52(46)62/h1-31H. The van der Waals surface area contributed by atoms with Gasteiger partial charge >= 0.3 is 0 Å². The number of para-hydroxylation sites is 3. The molecule has 11 rings (SSSR count). The Hall–Kier alpha value is -9.09. The van der Waals surface area contributed by atoms with Gasteiger partial charge in [-0.15, -0.1) is 0 Å². The molecule has 0 fully saturated rings. The Labute approximate surface area is 356 Å². The van der Waals surface area contributed by atoms with Crippen molar-refractivity contribution in [3.05, 3.63) is 205 Å². The molecular formula is C55H31N7. The molecule has 3 heterocycles. The van der Waals surface area contributed by atoms with Crippen molar-refractivity contribution in [2.45, 2.75) is 0 Å². The lowest BCUT2D eigenvalue weighted by Crippen LogP contribution is -1.97. The number of hydrogen-bond acceptors (Lipinski definition) is 5. The second-order valence-corrected chi connectivity index (χ2v) is 15.2. The third-order valence-corrected chi connectivity index (χ3v) is 11.6. The molecule has 7 heteroatoms. The molecule has 8 aromatic carbocycles. The number of nitriles is 3. The Morgan fingerprint density at radius 3 is 1.47 bits per heavy atom. The molecule has 0 atom stereocenters. The topological polar surface area (TPSA) is 107 Å². The zero-order valence-electron chi connectivity index (χ0n) is 33.0. The average Bonchev–Trinajstić information content (AvgIpc) is 3.86. The van der Waals surface area contributed by atoms with E-state index >= 15 is 0 Å². The van der Waals surface area contributed by atoms with Crippen molar-refractivity contribution in [3.8, 4) is 74.6 Å². The fourth-order valence-corrected chi connectivity index (χ4v) is 8.76. The van der Waals surface area contributed by atoms with Crippen molar-refractivity contribution >= 4 is 43.6 Å². The fraction of sp³-hybridized carbons (Fsp3) is 0. The Kier molecular flexibility index (Phi) is 8.50. The van der Waals surface area contributed by atoms with E-state index in [0.29, 0.717) is 39.5 Å². The minimum absolute atomic E-state index is 0.433. The summed E-state index contributed by atoms with van der Waals surface area (Å²) in [6.07, 6.45) is 0. The predicted octanol–water partition coefficient (Wildman–Crippen LogP) is 13.0. The highest BCUT2D eigenvalue weighted by atomic mass is 15.0. The lowest BCUT2D eigenvalue weighted by Gasteiger charge is -2.13. The first kappa shape index (κ1) is 36.0. The van der Waals surface area contributed by atoms with Gasteiger partial charge in [0.15, 0.2) is 5.82 Å². The number of nitrogens with zero attached hydrogens (tertiary/aromatic N) is 7. The molecule has 0 saturated carbocycles. The minimum atomic E-state index is 0.433. The number of aromatic nitrogens is 4. The molecule has 0 bridgehead atoms. The van der Waals surface area contributed by atoms with Crippen LogP contribution in [-0.4, -0.2) is 19.1 Å². The first-order valence-electron chi connectivity index (χ1n) is 20.2. The van der Waals surface area contributed by atoms with Crippen molar-refractivity contribution in [2.24, 2.45) is 0 Å². The van der Waals surface area contributed by atoms with E-state index < -0.39 is 0 Å². The van der Waals surface area contributed by atoms with Crippen molar-refractivity contribution in [1.29, 1.82) is 15.8 Å². The van der Waals surface area contributed by atoms with Gasteiger partial charge in [0.1, 0.15) is 0 Å². The molecule has 7 nitrogen and oxygen atoms in total. The number of rotatable bonds is 6. The quantitative estimate of drug-likeness (QED) is 0.167. The largest absolute Gasteiger partial charge is 0.309 e. The van der Waals surface area contributed by atoms with E-state index in [2.05, 4.69) is 143 Å². The highest BCUT2D eigenvalue weighted by Crippen LogP contribution is 2.38. The molecule has 0 aliphatic heterocycles. The van der Waals surface area contributed by atoms with E-state index in [1.54, 1.807) is 30.3 Å². The molecule has 286 valence electrons. The zero-order chi connectivity index (χ0) is 41.7. The summed E-state index contributed by atoms with van der Waals surface area (Å²) in [6.45, 7) is 0. The normalized spacial score (nSPS) is 11.2. The van der Waals surface area contributed by atoms with E-state index in [9.17, 15) is 15.8 Å². The molecule has 0 aliphatic carbocycles. The molecular weight excluding hydrogens is 759 g/mol. The summed E-state index contributed by atoms with van der Waals surface area (Å²) in [5.74, 6) is 0.433. The molecule has 0 unspecified atom stereocenters. The van der Waals surface area contributed by atoms with Gasteiger partial charge in [-0.05, 0) is 96.1 Å². The van der Waals surface area contributed by atoms with Gasteiger partial charge in [0.05, 0.1) is 68.4 Å². The summed E-state index contributed by atoms with van der Waals surface area (Å²) in [5.41, 5.74) is 13.3. The maximum absolute atomic E-state index is 10.5. The monoisotopic (exact) mass is 789 g/mol. The average molecular weight is 790 g/mol. The Morgan fingerprint density at radius 2 is 0.855 bits per heavy atom. The van der Waals surface area contributed by atoms with E-state index in [0.717, 1.165) is 50.0 Å². The van der Waals surface area contributed by atoms with Gasteiger partial charge in [0.2, 0.25) is 0 Å². The third-order valence-electron chi connectivity index (χ3n) is 11.6. The van der Waals surface area contributed by atoms with Gasteiger partial charge in [0.25, 0.3) is 0 Å². The summed E-state index contributed by atoms with van der Waals surface area (Å²) < 4.78 is 4.66. The first-order valence-corrected chi connectivity index (χ1v) is 20.2. The molecule has 0 amide bonds. The molecule has 0 N–H and O–H groups in total. The summed E-state index contributed by atoms with van der Waals surface area (Å²) in [7, 11) is 0. The van der Waals surface area contributed by atoms with Gasteiger partial charge in [-0.2, -0.15) is 15.8 Å². The number of fused-ring (bicyclic) bond motifs is 6.